The minimum atomic E-state index is -0.486. The molecule has 6 heteroatoms. The van der Waals surface area contributed by atoms with Crippen molar-refractivity contribution in [2.75, 3.05) is 11.9 Å². The summed E-state index contributed by atoms with van der Waals surface area (Å²) in [5.74, 6) is -0.220. The van der Waals surface area contributed by atoms with Gasteiger partial charge in [0.15, 0.2) is 0 Å². The molecule has 2 aromatic rings. The van der Waals surface area contributed by atoms with Crippen molar-refractivity contribution in [3.05, 3.63) is 64.2 Å². The Kier molecular flexibility index (Phi) is 2.98. The van der Waals surface area contributed by atoms with E-state index < -0.39 is 4.92 Å². The number of para-hydroxylation sites is 1. The van der Waals surface area contributed by atoms with E-state index in [1.54, 1.807) is 19.2 Å². The van der Waals surface area contributed by atoms with Crippen LogP contribution in [0.5, 0.6) is 0 Å². The lowest BCUT2D eigenvalue weighted by Crippen LogP contribution is -2.25. The lowest BCUT2D eigenvalue weighted by Gasteiger charge is -2.07. The third kappa shape index (κ3) is 2.16. The van der Waals surface area contributed by atoms with E-state index in [2.05, 4.69) is 4.99 Å². The van der Waals surface area contributed by atoms with E-state index in [1.807, 2.05) is 24.3 Å². The second-order valence-corrected chi connectivity index (χ2v) is 4.62. The van der Waals surface area contributed by atoms with Crippen LogP contribution in [-0.2, 0) is 4.79 Å². The predicted molar refractivity (Wildman–Crippen MR) is 79.1 cm³/mol. The van der Waals surface area contributed by atoms with Crippen molar-refractivity contribution in [2.24, 2.45) is 4.99 Å². The Morgan fingerprint density at radius 1 is 1.14 bits per heavy atom. The Labute approximate surface area is 120 Å². The molecule has 0 aliphatic carbocycles. The fourth-order valence-corrected chi connectivity index (χ4v) is 2.26. The summed E-state index contributed by atoms with van der Waals surface area (Å²) in [7, 11) is 1.68. The van der Waals surface area contributed by atoms with Crippen molar-refractivity contribution < 1.29 is 9.72 Å². The molecule has 3 rings (SSSR count). The molecule has 0 aromatic heterocycles. The van der Waals surface area contributed by atoms with E-state index in [0.29, 0.717) is 11.4 Å². The Morgan fingerprint density at radius 2 is 1.90 bits per heavy atom. The number of carbonyl (C=O) groups excluding carboxylic acids is 1. The number of anilines is 1. The second-order valence-electron chi connectivity index (χ2n) is 4.62. The molecular formula is C15H11N3O3. The van der Waals surface area contributed by atoms with E-state index in [4.69, 9.17) is 0 Å². The lowest BCUT2D eigenvalue weighted by molar-refractivity contribution is -0.384. The van der Waals surface area contributed by atoms with Crippen LogP contribution in [0.1, 0.15) is 5.56 Å². The number of amides is 1. The van der Waals surface area contributed by atoms with Crippen LogP contribution in [0.15, 0.2) is 53.5 Å². The van der Waals surface area contributed by atoms with Crippen molar-refractivity contribution in [1.82, 2.24) is 0 Å². The van der Waals surface area contributed by atoms with E-state index in [9.17, 15) is 14.9 Å². The number of nitro groups is 1. The van der Waals surface area contributed by atoms with Crippen LogP contribution in [0.3, 0.4) is 0 Å². The number of benzene rings is 2. The third-order valence-electron chi connectivity index (χ3n) is 3.31. The predicted octanol–water partition coefficient (Wildman–Crippen LogP) is 2.69. The normalized spacial score (nSPS) is 15.4. The molecule has 0 bridgehead atoms. The number of likely N-dealkylation sites (N-methyl/N-ethyl adjacent to an activating group) is 1. The number of non-ortho nitro benzene ring substituents is 1. The zero-order valence-corrected chi connectivity index (χ0v) is 11.2. The van der Waals surface area contributed by atoms with Crippen LogP contribution in [0.2, 0.25) is 0 Å². The number of aliphatic imine (C=N–C) groups is 1. The summed E-state index contributed by atoms with van der Waals surface area (Å²) in [6.07, 6.45) is 0. The van der Waals surface area contributed by atoms with Gasteiger partial charge in [-0.05, 0) is 12.1 Å². The van der Waals surface area contributed by atoms with Crippen LogP contribution in [0.25, 0.3) is 0 Å². The summed E-state index contributed by atoms with van der Waals surface area (Å²) in [6.45, 7) is 0. The molecule has 0 atom stereocenters. The fraction of sp³-hybridized carbons (Fsp3) is 0.0667. The van der Waals surface area contributed by atoms with E-state index >= 15 is 0 Å². The first kappa shape index (κ1) is 13.0. The minimum Gasteiger partial charge on any atom is -0.309 e. The summed E-state index contributed by atoms with van der Waals surface area (Å²) < 4.78 is 0. The monoisotopic (exact) mass is 281 g/mol. The molecule has 0 unspecified atom stereocenters. The quantitative estimate of drug-likeness (QED) is 0.627. The van der Waals surface area contributed by atoms with E-state index in [-0.39, 0.29) is 11.6 Å². The minimum absolute atomic E-state index is 0.0519. The first-order valence-electron chi connectivity index (χ1n) is 6.28. The molecule has 0 N–H and O–H groups in total. The molecule has 1 aliphatic heterocycles. The van der Waals surface area contributed by atoms with Gasteiger partial charge in [-0.3, -0.25) is 14.9 Å². The molecule has 104 valence electrons. The van der Waals surface area contributed by atoms with Gasteiger partial charge in [0.25, 0.3) is 11.6 Å². The van der Waals surface area contributed by atoms with Gasteiger partial charge in [0.05, 0.1) is 16.3 Å². The SMILES string of the molecule is CN1C(=O)C(=Nc2cccc([N+](=O)[O-])c2)c2ccccc21. The first-order valence-corrected chi connectivity index (χ1v) is 6.28. The van der Waals surface area contributed by atoms with Crippen molar-refractivity contribution >= 4 is 28.7 Å². The van der Waals surface area contributed by atoms with Gasteiger partial charge in [0.2, 0.25) is 0 Å². The van der Waals surface area contributed by atoms with Crippen LogP contribution in [0, 0.1) is 10.1 Å². The van der Waals surface area contributed by atoms with Gasteiger partial charge >= 0.3 is 0 Å². The van der Waals surface area contributed by atoms with Crippen molar-refractivity contribution in [3.63, 3.8) is 0 Å². The smallest absolute Gasteiger partial charge is 0.277 e. The molecule has 0 radical (unpaired) electrons. The van der Waals surface area contributed by atoms with Crippen molar-refractivity contribution in [3.8, 4) is 0 Å². The molecule has 21 heavy (non-hydrogen) atoms. The topological polar surface area (TPSA) is 75.8 Å². The first-order chi connectivity index (χ1) is 10.1. The number of nitro benzene ring substituents is 1. The average molecular weight is 281 g/mol. The fourth-order valence-electron chi connectivity index (χ4n) is 2.26. The van der Waals surface area contributed by atoms with Gasteiger partial charge < -0.3 is 4.90 Å². The van der Waals surface area contributed by atoms with Gasteiger partial charge in [-0.1, -0.05) is 24.3 Å². The van der Waals surface area contributed by atoms with Crippen LogP contribution in [0.4, 0.5) is 17.1 Å². The summed E-state index contributed by atoms with van der Waals surface area (Å²) in [4.78, 5) is 28.4. The van der Waals surface area contributed by atoms with Gasteiger partial charge in [0.1, 0.15) is 5.71 Å². The highest BCUT2D eigenvalue weighted by atomic mass is 16.6. The number of nitrogens with zero attached hydrogens (tertiary/aromatic N) is 3. The largest absolute Gasteiger partial charge is 0.309 e. The van der Waals surface area contributed by atoms with Gasteiger partial charge in [-0.25, -0.2) is 4.99 Å². The molecule has 1 aliphatic rings. The number of rotatable bonds is 2. The second kappa shape index (κ2) is 4.82. The molecule has 1 amide bonds. The van der Waals surface area contributed by atoms with Gasteiger partial charge in [0, 0.05) is 24.7 Å². The maximum absolute atomic E-state index is 12.2. The molecule has 0 saturated carbocycles. The molecular weight excluding hydrogens is 270 g/mol. The maximum Gasteiger partial charge on any atom is 0.277 e. The van der Waals surface area contributed by atoms with Crippen LogP contribution >= 0.6 is 0 Å². The number of hydrogen-bond donors (Lipinski definition) is 0. The number of carbonyl (C=O) groups is 1. The van der Waals surface area contributed by atoms with Crippen molar-refractivity contribution in [1.29, 1.82) is 0 Å². The van der Waals surface area contributed by atoms with Crippen LogP contribution < -0.4 is 4.90 Å². The number of fused-ring (bicyclic) bond motifs is 1. The molecule has 2 aromatic carbocycles. The molecule has 0 saturated heterocycles. The summed E-state index contributed by atoms with van der Waals surface area (Å²) in [6, 6.07) is 13.2. The summed E-state index contributed by atoms with van der Waals surface area (Å²) in [5.41, 5.74) is 2.15. The van der Waals surface area contributed by atoms with Gasteiger partial charge in [-0.15, -0.1) is 0 Å². The maximum atomic E-state index is 12.2. The Hall–Kier alpha value is -3.02. The highest BCUT2D eigenvalue weighted by Crippen LogP contribution is 2.30. The van der Waals surface area contributed by atoms with E-state index in [1.165, 1.54) is 17.0 Å². The van der Waals surface area contributed by atoms with Crippen LogP contribution in [-0.4, -0.2) is 23.6 Å². The average Bonchev–Trinajstić information content (AvgIpc) is 2.73. The standard InChI is InChI=1S/C15H11N3O3/c1-17-13-8-3-2-7-12(13)14(15(17)19)16-10-5-4-6-11(9-10)18(20)21/h2-9H,1H3. The lowest BCUT2D eigenvalue weighted by atomic mass is 10.1. The van der Waals surface area contributed by atoms with Crippen molar-refractivity contribution in [2.45, 2.75) is 0 Å². The van der Waals surface area contributed by atoms with Gasteiger partial charge in [-0.2, -0.15) is 0 Å². The Balaban J connectivity index is 2.10. The zero-order valence-electron chi connectivity index (χ0n) is 11.2. The molecule has 0 fully saturated rings. The summed E-state index contributed by atoms with van der Waals surface area (Å²) >= 11 is 0. The zero-order chi connectivity index (χ0) is 15.0. The number of hydrogen-bond acceptors (Lipinski definition) is 4. The van der Waals surface area contributed by atoms with E-state index in [0.717, 1.165) is 11.3 Å². The Bertz CT molecular complexity index is 783. The molecule has 1 heterocycles. The third-order valence-corrected chi connectivity index (χ3v) is 3.31. The Morgan fingerprint density at radius 3 is 2.67 bits per heavy atom. The molecule has 0 spiro atoms. The highest BCUT2D eigenvalue weighted by Gasteiger charge is 2.30. The molecule has 6 nitrogen and oxygen atoms in total. The highest BCUT2D eigenvalue weighted by molar-refractivity contribution is 6.54. The summed E-state index contributed by atoms with van der Waals surface area (Å²) in [5, 5.41) is 10.8.